The van der Waals surface area contributed by atoms with Crippen molar-refractivity contribution in [3.8, 4) is 0 Å². The van der Waals surface area contributed by atoms with Gasteiger partial charge in [-0.1, -0.05) is 27.7 Å². The largest absolute Gasteiger partial charge is 0.374 e. The molecule has 13 heavy (non-hydrogen) atoms. The lowest BCUT2D eigenvalue weighted by Gasteiger charge is -2.19. The Kier molecular flexibility index (Phi) is 5.23. The molecule has 0 bridgehead atoms. The van der Waals surface area contributed by atoms with Crippen LogP contribution in [-0.4, -0.2) is 19.0 Å². The fourth-order valence-electron chi connectivity index (χ4n) is 1.18. The van der Waals surface area contributed by atoms with Gasteiger partial charge in [-0.15, -0.1) is 0 Å². The zero-order valence-corrected chi connectivity index (χ0v) is 9.52. The van der Waals surface area contributed by atoms with E-state index in [1.54, 1.807) is 7.11 Å². The third-order valence-corrected chi connectivity index (χ3v) is 2.14. The molecule has 0 heterocycles. The molecule has 2 nitrogen and oxygen atoms in total. The molecule has 0 aromatic heterocycles. The van der Waals surface area contributed by atoms with Gasteiger partial charge in [0.25, 0.3) is 0 Å². The molecule has 0 saturated heterocycles. The van der Waals surface area contributed by atoms with Crippen molar-refractivity contribution in [3.63, 3.8) is 0 Å². The highest BCUT2D eigenvalue weighted by Crippen LogP contribution is 2.21. The van der Waals surface area contributed by atoms with Crippen molar-refractivity contribution < 1.29 is 9.53 Å². The molecule has 0 amide bonds. The van der Waals surface area contributed by atoms with Gasteiger partial charge in [0, 0.05) is 13.5 Å². The number of carbonyl (C=O) groups excluding carboxylic acids is 1. The maximum absolute atomic E-state index is 11.5. The van der Waals surface area contributed by atoms with Gasteiger partial charge in [-0.05, 0) is 18.3 Å². The van der Waals surface area contributed by atoms with Crippen LogP contribution in [0.25, 0.3) is 0 Å². The predicted octanol–water partition coefficient (Wildman–Crippen LogP) is 2.81. The van der Waals surface area contributed by atoms with Gasteiger partial charge in [0.2, 0.25) is 0 Å². The van der Waals surface area contributed by atoms with E-state index in [0.29, 0.717) is 6.42 Å². The van der Waals surface area contributed by atoms with Gasteiger partial charge in [-0.25, -0.2) is 0 Å². The first kappa shape index (κ1) is 12.6. The standard InChI is InChI=1S/C11H22O2/c1-6-10(13-5)9(12)7-8-11(2,3)4/h10H,6-8H2,1-5H3. The van der Waals surface area contributed by atoms with E-state index < -0.39 is 0 Å². The van der Waals surface area contributed by atoms with E-state index in [9.17, 15) is 4.79 Å². The number of rotatable bonds is 5. The number of ketones is 1. The van der Waals surface area contributed by atoms with Crippen LogP contribution in [0.5, 0.6) is 0 Å². The van der Waals surface area contributed by atoms with E-state index in [4.69, 9.17) is 4.74 Å². The Morgan fingerprint density at radius 1 is 1.38 bits per heavy atom. The van der Waals surface area contributed by atoms with Gasteiger partial charge < -0.3 is 4.74 Å². The second kappa shape index (κ2) is 5.38. The zero-order chi connectivity index (χ0) is 10.5. The van der Waals surface area contributed by atoms with E-state index in [0.717, 1.165) is 12.8 Å². The number of hydrogen-bond acceptors (Lipinski definition) is 2. The first-order valence-corrected chi connectivity index (χ1v) is 4.96. The van der Waals surface area contributed by atoms with Crippen LogP contribution in [0.4, 0.5) is 0 Å². The van der Waals surface area contributed by atoms with Gasteiger partial charge >= 0.3 is 0 Å². The molecule has 0 aliphatic heterocycles. The molecule has 0 rings (SSSR count). The average Bonchev–Trinajstić information content (AvgIpc) is 2.02. The smallest absolute Gasteiger partial charge is 0.161 e. The van der Waals surface area contributed by atoms with Crippen molar-refractivity contribution >= 4 is 5.78 Å². The van der Waals surface area contributed by atoms with Crippen LogP contribution >= 0.6 is 0 Å². The molecule has 1 atom stereocenters. The minimum Gasteiger partial charge on any atom is -0.374 e. The van der Waals surface area contributed by atoms with Crippen LogP contribution in [0.2, 0.25) is 0 Å². The lowest BCUT2D eigenvalue weighted by Crippen LogP contribution is -2.23. The predicted molar refractivity (Wildman–Crippen MR) is 54.8 cm³/mol. The average molecular weight is 186 g/mol. The van der Waals surface area contributed by atoms with E-state index in [2.05, 4.69) is 20.8 Å². The number of ether oxygens (including phenoxy) is 1. The van der Waals surface area contributed by atoms with Crippen LogP contribution in [-0.2, 0) is 9.53 Å². The summed E-state index contributed by atoms with van der Waals surface area (Å²) in [5.74, 6) is 0.236. The summed E-state index contributed by atoms with van der Waals surface area (Å²) in [4.78, 5) is 11.5. The summed E-state index contributed by atoms with van der Waals surface area (Å²) in [5, 5.41) is 0. The zero-order valence-electron chi connectivity index (χ0n) is 9.52. The number of carbonyl (C=O) groups is 1. The molecule has 0 aromatic rings. The van der Waals surface area contributed by atoms with Crippen LogP contribution in [0.3, 0.4) is 0 Å². The number of hydrogen-bond donors (Lipinski definition) is 0. The molecule has 0 fully saturated rings. The Bertz CT molecular complexity index is 152. The fourth-order valence-corrected chi connectivity index (χ4v) is 1.18. The van der Waals surface area contributed by atoms with Gasteiger partial charge in [0.05, 0.1) is 0 Å². The van der Waals surface area contributed by atoms with Crippen molar-refractivity contribution in [1.82, 2.24) is 0 Å². The lowest BCUT2D eigenvalue weighted by molar-refractivity contribution is -0.129. The minimum absolute atomic E-state index is 0.192. The summed E-state index contributed by atoms with van der Waals surface area (Å²) < 4.78 is 5.08. The van der Waals surface area contributed by atoms with Crippen LogP contribution in [0.15, 0.2) is 0 Å². The maximum atomic E-state index is 11.5. The van der Waals surface area contributed by atoms with Crippen molar-refractivity contribution in [2.75, 3.05) is 7.11 Å². The fraction of sp³-hybridized carbons (Fsp3) is 0.909. The first-order chi connectivity index (χ1) is 5.90. The Labute approximate surface area is 81.7 Å². The molecule has 0 spiro atoms. The molecule has 0 aromatic carbocycles. The topological polar surface area (TPSA) is 26.3 Å². The molecule has 2 heteroatoms. The molecular formula is C11H22O2. The van der Waals surface area contributed by atoms with Crippen molar-refractivity contribution in [3.05, 3.63) is 0 Å². The Morgan fingerprint density at radius 3 is 2.23 bits per heavy atom. The number of methoxy groups -OCH3 is 1. The van der Waals surface area contributed by atoms with E-state index in [1.807, 2.05) is 6.92 Å². The quantitative estimate of drug-likeness (QED) is 0.660. The lowest BCUT2D eigenvalue weighted by atomic mass is 9.88. The third kappa shape index (κ3) is 5.81. The summed E-state index contributed by atoms with van der Waals surface area (Å²) in [5.41, 5.74) is 0.238. The van der Waals surface area contributed by atoms with Gasteiger partial charge in [0.1, 0.15) is 6.10 Å². The Morgan fingerprint density at radius 2 is 1.92 bits per heavy atom. The Balaban J connectivity index is 3.86. The third-order valence-electron chi connectivity index (χ3n) is 2.14. The summed E-state index contributed by atoms with van der Waals surface area (Å²) in [6, 6.07) is 0. The Hall–Kier alpha value is -0.370. The summed E-state index contributed by atoms with van der Waals surface area (Å²) in [6.07, 6.45) is 2.16. The van der Waals surface area contributed by atoms with Crippen LogP contribution in [0, 0.1) is 5.41 Å². The number of Topliss-reactive ketones (excluding diaryl/α,β-unsaturated/α-hetero) is 1. The molecule has 78 valence electrons. The van der Waals surface area contributed by atoms with Crippen molar-refractivity contribution in [1.29, 1.82) is 0 Å². The molecular weight excluding hydrogens is 164 g/mol. The van der Waals surface area contributed by atoms with Crippen LogP contribution in [0.1, 0.15) is 47.0 Å². The monoisotopic (exact) mass is 186 g/mol. The highest BCUT2D eigenvalue weighted by molar-refractivity contribution is 5.82. The highest BCUT2D eigenvalue weighted by Gasteiger charge is 2.18. The normalized spacial score (nSPS) is 14.2. The SMILES string of the molecule is CCC(OC)C(=O)CCC(C)(C)C. The van der Waals surface area contributed by atoms with Crippen molar-refractivity contribution in [2.45, 2.75) is 53.1 Å². The molecule has 0 N–H and O–H groups in total. The first-order valence-electron chi connectivity index (χ1n) is 4.96. The van der Waals surface area contributed by atoms with E-state index >= 15 is 0 Å². The van der Waals surface area contributed by atoms with E-state index in [1.165, 1.54) is 0 Å². The minimum atomic E-state index is -0.192. The molecule has 0 aliphatic carbocycles. The van der Waals surface area contributed by atoms with Crippen LogP contribution < -0.4 is 0 Å². The summed E-state index contributed by atoms with van der Waals surface area (Å²) in [6.45, 7) is 8.42. The molecule has 1 unspecified atom stereocenters. The van der Waals surface area contributed by atoms with Crippen molar-refractivity contribution in [2.24, 2.45) is 5.41 Å². The second-order valence-electron chi connectivity index (χ2n) is 4.66. The second-order valence-corrected chi connectivity index (χ2v) is 4.66. The highest BCUT2D eigenvalue weighted by atomic mass is 16.5. The van der Waals surface area contributed by atoms with Gasteiger partial charge in [0.15, 0.2) is 5.78 Å². The molecule has 0 aliphatic rings. The summed E-state index contributed by atoms with van der Waals surface area (Å²) >= 11 is 0. The molecule has 0 saturated carbocycles. The summed E-state index contributed by atoms with van der Waals surface area (Å²) in [7, 11) is 1.60. The van der Waals surface area contributed by atoms with E-state index in [-0.39, 0.29) is 17.3 Å². The maximum Gasteiger partial charge on any atom is 0.161 e. The van der Waals surface area contributed by atoms with Gasteiger partial charge in [-0.2, -0.15) is 0 Å². The van der Waals surface area contributed by atoms with Gasteiger partial charge in [-0.3, -0.25) is 4.79 Å². The molecule has 0 radical (unpaired) electrons.